The van der Waals surface area contributed by atoms with Crippen LogP contribution in [0.1, 0.15) is 68.6 Å². The summed E-state index contributed by atoms with van der Waals surface area (Å²) in [5, 5.41) is 10.1. The van der Waals surface area contributed by atoms with Crippen molar-refractivity contribution in [3.63, 3.8) is 0 Å². The lowest BCUT2D eigenvalue weighted by Gasteiger charge is -2.20. The number of carboxylic acid groups (broad SMARTS) is 1. The van der Waals surface area contributed by atoms with Crippen molar-refractivity contribution in [2.45, 2.75) is 65.3 Å². The number of hydrogen-bond acceptors (Lipinski definition) is 4. The molecule has 3 rings (SSSR count). The molecule has 6 heteroatoms. The number of rotatable bonds is 4. The van der Waals surface area contributed by atoms with Crippen LogP contribution in [-0.4, -0.2) is 20.6 Å². The van der Waals surface area contributed by atoms with Crippen LogP contribution in [0.4, 0.5) is 0 Å². The zero-order chi connectivity index (χ0) is 17.6. The normalized spacial score (nSPS) is 17.7. The Balaban J connectivity index is 2.34. The molecule has 1 atom stereocenters. The maximum absolute atomic E-state index is 13.2. The van der Waals surface area contributed by atoms with Gasteiger partial charge in [0.2, 0.25) is 0 Å². The van der Waals surface area contributed by atoms with Gasteiger partial charge in [-0.05, 0) is 30.7 Å². The van der Waals surface area contributed by atoms with Gasteiger partial charge in [0.1, 0.15) is 10.7 Å². The van der Waals surface area contributed by atoms with Crippen LogP contribution in [0, 0.1) is 5.92 Å². The second-order valence-electron chi connectivity index (χ2n) is 7.34. The molecule has 0 aliphatic heterocycles. The molecule has 0 saturated carbocycles. The summed E-state index contributed by atoms with van der Waals surface area (Å²) < 4.78 is 1.76. The first-order valence-electron chi connectivity index (χ1n) is 8.60. The smallest absolute Gasteiger partial charge is 0.311 e. The molecule has 0 bridgehead atoms. The van der Waals surface area contributed by atoms with E-state index in [1.165, 1.54) is 11.3 Å². The molecule has 1 N–H and O–H groups in total. The zero-order valence-corrected chi connectivity index (χ0v) is 15.4. The Morgan fingerprint density at radius 1 is 1.38 bits per heavy atom. The third-order valence-corrected chi connectivity index (χ3v) is 5.72. The molecule has 0 saturated heterocycles. The van der Waals surface area contributed by atoms with E-state index in [2.05, 4.69) is 13.8 Å². The van der Waals surface area contributed by atoms with Crippen molar-refractivity contribution in [1.29, 1.82) is 0 Å². The van der Waals surface area contributed by atoms with Crippen molar-refractivity contribution in [2.75, 3.05) is 0 Å². The van der Waals surface area contributed by atoms with Crippen LogP contribution in [-0.2, 0) is 17.8 Å². The lowest BCUT2D eigenvalue weighted by molar-refractivity contribution is -0.139. The molecule has 0 aromatic carbocycles. The molecule has 2 aromatic heterocycles. The first-order chi connectivity index (χ1) is 11.3. The maximum atomic E-state index is 13.2. The standard InChI is InChI=1S/C18H24N2O3S/c1-9(2)8-20-15(10(3)4)19-16-14(17(20)21)13-11(18(22)23)6-5-7-12(13)24-16/h9-11H,5-8H2,1-4H3,(H,22,23). The Labute approximate surface area is 145 Å². The van der Waals surface area contributed by atoms with E-state index in [-0.39, 0.29) is 11.5 Å². The van der Waals surface area contributed by atoms with Crippen molar-refractivity contribution >= 4 is 27.5 Å². The van der Waals surface area contributed by atoms with Gasteiger partial charge in [-0.25, -0.2) is 4.98 Å². The van der Waals surface area contributed by atoms with Crippen LogP contribution in [0.15, 0.2) is 4.79 Å². The largest absolute Gasteiger partial charge is 0.481 e. The Hall–Kier alpha value is -1.69. The highest BCUT2D eigenvalue weighted by Crippen LogP contribution is 2.41. The SMILES string of the molecule is CC(C)Cn1c(C(C)C)nc2sc3c(c2c1=O)C(C(=O)O)CCC3. The van der Waals surface area contributed by atoms with Crippen molar-refractivity contribution < 1.29 is 9.90 Å². The third-order valence-electron chi connectivity index (χ3n) is 4.56. The number of aliphatic carboxylic acids is 1. The van der Waals surface area contributed by atoms with Gasteiger partial charge in [-0.3, -0.25) is 14.2 Å². The predicted octanol–water partition coefficient (Wildman–Crippen LogP) is 3.74. The lowest BCUT2D eigenvalue weighted by Crippen LogP contribution is -2.29. The molecule has 2 aromatic rings. The van der Waals surface area contributed by atoms with E-state index >= 15 is 0 Å². The van der Waals surface area contributed by atoms with Crippen LogP contribution >= 0.6 is 11.3 Å². The van der Waals surface area contributed by atoms with E-state index in [4.69, 9.17) is 4.98 Å². The van der Waals surface area contributed by atoms with E-state index in [0.717, 1.165) is 29.1 Å². The average molecular weight is 348 g/mol. The molecule has 2 heterocycles. The summed E-state index contributed by atoms with van der Waals surface area (Å²) in [5.41, 5.74) is 0.669. The quantitative estimate of drug-likeness (QED) is 0.913. The van der Waals surface area contributed by atoms with Gasteiger partial charge in [-0.1, -0.05) is 27.7 Å². The van der Waals surface area contributed by atoms with E-state index in [9.17, 15) is 14.7 Å². The average Bonchev–Trinajstić information content (AvgIpc) is 2.87. The summed E-state index contributed by atoms with van der Waals surface area (Å²) >= 11 is 1.51. The molecule has 0 spiro atoms. The monoisotopic (exact) mass is 348 g/mol. The third kappa shape index (κ3) is 2.77. The molecular formula is C18H24N2O3S. The zero-order valence-electron chi connectivity index (χ0n) is 14.6. The summed E-state index contributed by atoms with van der Waals surface area (Å²) in [6.45, 7) is 8.83. The minimum atomic E-state index is -0.835. The summed E-state index contributed by atoms with van der Waals surface area (Å²) in [6, 6.07) is 0. The summed E-state index contributed by atoms with van der Waals surface area (Å²) in [7, 11) is 0. The molecule has 24 heavy (non-hydrogen) atoms. The summed E-state index contributed by atoms with van der Waals surface area (Å²) in [5.74, 6) is -0.140. The van der Waals surface area contributed by atoms with Gasteiger partial charge in [0, 0.05) is 17.3 Å². The van der Waals surface area contributed by atoms with Gasteiger partial charge in [-0.2, -0.15) is 0 Å². The minimum Gasteiger partial charge on any atom is -0.481 e. The van der Waals surface area contributed by atoms with Gasteiger partial charge in [0.25, 0.3) is 5.56 Å². The van der Waals surface area contributed by atoms with E-state index in [0.29, 0.717) is 29.1 Å². The molecule has 130 valence electrons. The number of carbonyl (C=O) groups is 1. The molecule has 1 unspecified atom stereocenters. The molecular weight excluding hydrogens is 324 g/mol. The van der Waals surface area contributed by atoms with Crippen LogP contribution in [0.25, 0.3) is 10.2 Å². The van der Waals surface area contributed by atoms with Crippen LogP contribution in [0.2, 0.25) is 0 Å². The highest BCUT2D eigenvalue weighted by Gasteiger charge is 2.32. The number of aryl methyl sites for hydroxylation is 1. The maximum Gasteiger partial charge on any atom is 0.311 e. The predicted molar refractivity (Wildman–Crippen MR) is 96.1 cm³/mol. The van der Waals surface area contributed by atoms with Gasteiger partial charge in [-0.15, -0.1) is 11.3 Å². The summed E-state index contributed by atoms with van der Waals surface area (Å²) in [6.07, 6.45) is 2.30. The second-order valence-corrected chi connectivity index (χ2v) is 8.42. The highest BCUT2D eigenvalue weighted by atomic mass is 32.1. The molecule has 1 aliphatic carbocycles. The Kier molecular flexibility index (Phi) is 4.51. The first-order valence-corrected chi connectivity index (χ1v) is 9.41. The number of hydrogen-bond donors (Lipinski definition) is 1. The van der Waals surface area contributed by atoms with Gasteiger partial charge in [0.15, 0.2) is 0 Å². The second kappa shape index (κ2) is 6.31. The lowest BCUT2D eigenvalue weighted by atomic mass is 9.86. The Morgan fingerprint density at radius 2 is 2.08 bits per heavy atom. The van der Waals surface area contributed by atoms with Crippen molar-refractivity contribution in [1.82, 2.24) is 9.55 Å². The van der Waals surface area contributed by atoms with Gasteiger partial charge >= 0.3 is 5.97 Å². The number of fused-ring (bicyclic) bond motifs is 3. The van der Waals surface area contributed by atoms with Crippen LogP contribution in [0.3, 0.4) is 0 Å². The van der Waals surface area contributed by atoms with E-state index in [1.54, 1.807) is 4.57 Å². The number of aromatic nitrogens is 2. The first kappa shape index (κ1) is 17.1. The molecule has 5 nitrogen and oxygen atoms in total. The van der Waals surface area contributed by atoms with Crippen LogP contribution < -0.4 is 5.56 Å². The van der Waals surface area contributed by atoms with E-state index in [1.807, 2.05) is 13.8 Å². The van der Waals surface area contributed by atoms with Crippen molar-refractivity contribution in [3.8, 4) is 0 Å². The molecule has 0 fully saturated rings. The van der Waals surface area contributed by atoms with Gasteiger partial charge < -0.3 is 5.11 Å². The minimum absolute atomic E-state index is 0.0666. The van der Waals surface area contributed by atoms with E-state index < -0.39 is 11.9 Å². The van der Waals surface area contributed by atoms with Crippen LogP contribution in [0.5, 0.6) is 0 Å². The molecule has 1 aliphatic rings. The topological polar surface area (TPSA) is 72.2 Å². The van der Waals surface area contributed by atoms with Gasteiger partial charge in [0.05, 0.1) is 11.3 Å². The molecule has 0 radical (unpaired) electrons. The molecule has 0 amide bonds. The number of thiophene rings is 1. The fraction of sp³-hybridized carbons (Fsp3) is 0.611. The fourth-order valence-corrected chi connectivity index (χ4v) is 4.83. The fourth-order valence-electron chi connectivity index (χ4n) is 3.56. The Bertz CT molecular complexity index is 848. The Morgan fingerprint density at radius 3 is 2.67 bits per heavy atom. The highest BCUT2D eigenvalue weighted by molar-refractivity contribution is 7.18. The number of carboxylic acids is 1. The van der Waals surface area contributed by atoms with Crippen molar-refractivity contribution in [2.24, 2.45) is 5.92 Å². The number of nitrogens with zero attached hydrogens (tertiary/aromatic N) is 2. The summed E-state index contributed by atoms with van der Waals surface area (Å²) in [4.78, 5) is 31.4. The van der Waals surface area contributed by atoms with Crippen molar-refractivity contribution in [3.05, 3.63) is 26.6 Å².